The van der Waals surface area contributed by atoms with Gasteiger partial charge >= 0.3 is 0 Å². The van der Waals surface area contributed by atoms with Crippen LogP contribution in [0.4, 0.5) is 14.5 Å². The Morgan fingerprint density at radius 2 is 2.00 bits per heavy atom. The molecule has 0 aromatic heterocycles. The van der Waals surface area contributed by atoms with Crippen molar-refractivity contribution < 1.29 is 18.5 Å². The number of nitrogens with one attached hydrogen (secondary N) is 1. The van der Waals surface area contributed by atoms with E-state index < -0.39 is 33.7 Å². The largest absolute Gasteiger partial charge is 0.349 e. The maximum atomic E-state index is 13.0. The van der Waals surface area contributed by atoms with E-state index in [4.69, 9.17) is 0 Å². The molecule has 0 aliphatic heterocycles. The molecule has 0 heterocycles. The van der Waals surface area contributed by atoms with E-state index in [1.807, 2.05) is 6.92 Å². The molecule has 1 aromatic carbocycles. The van der Waals surface area contributed by atoms with Crippen LogP contribution in [0.5, 0.6) is 0 Å². The fourth-order valence-corrected chi connectivity index (χ4v) is 1.27. The van der Waals surface area contributed by atoms with E-state index in [0.29, 0.717) is 18.6 Å². The minimum atomic E-state index is -1.36. The molecule has 98 valence electrons. The van der Waals surface area contributed by atoms with Gasteiger partial charge in [0.05, 0.1) is 11.0 Å². The van der Waals surface area contributed by atoms with Gasteiger partial charge in [0.25, 0.3) is 11.6 Å². The van der Waals surface area contributed by atoms with Crippen LogP contribution in [0.25, 0.3) is 0 Å². The first-order valence-electron chi connectivity index (χ1n) is 5.31. The highest BCUT2D eigenvalue weighted by molar-refractivity contribution is 5.98. The van der Waals surface area contributed by atoms with Gasteiger partial charge in [-0.1, -0.05) is 6.92 Å². The lowest BCUT2D eigenvalue weighted by molar-refractivity contribution is -0.385. The lowest BCUT2D eigenvalue weighted by atomic mass is 10.1. The van der Waals surface area contributed by atoms with Crippen molar-refractivity contribution in [2.75, 3.05) is 0 Å². The van der Waals surface area contributed by atoms with Crippen molar-refractivity contribution >= 4 is 11.6 Å². The maximum Gasteiger partial charge on any atom is 0.285 e. The second-order valence-corrected chi connectivity index (χ2v) is 3.82. The number of amides is 1. The summed E-state index contributed by atoms with van der Waals surface area (Å²) in [7, 11) is 0. The SMILES string of the molecule is CCC(C)NC(=O)c1cc(F)c(F)cc1[N+](=O)[O-]. The molecule has 0 fully saturated rings. The Morgan fingerprint density at radius 3 is 2.50 bits per heavy atom. The topological polar surface area (TPSA) is 72.2 Å². The van der Waals surface area contributed by atoms with Crippen molar-refractivity contribution in [3.63, 3.8) is 0 Å². The third-order valence-electron chi connectivity index (χ3n) is 2.47. The minimum absolute atomic E-state index is 0.217. The fraction of sp³-hybridized carbons (Fsp3) is 0.364. The van der Waals surface area contributed by atoms with E-state index in [-0.39, 0.29) is 6.04 Å². The van der Waals surface area contributed by atoms with Gasteiger partial charge in [0, 0.05) is 6.04 Å². The molecule has 18 heavy (non-hydrogen) atoms. The molecule has 0 bridgehead atoms. The monoisotopic (exact) mass is 258 g/mol. The average molecular weight is 258 g/mol. The molecule has 0 spiro atoms. The third kappa shape index (κ3) is 2.99. The predicted octanol–water partition coefficient (Wildman–Crippen LogP) is 2.40. The minimum Gasteiger partial charge on any atom is -0.349 e. The molecular formula is C11H12F2N2O3. The zero-order valence-electron chi connectivity index (χ0n) is 9.87. The number of carbonyl (C=O) groups is 1. The van der Waals surface area contributed by atoms with Crippen molar-refractivity contribution in [1.29, 1.82) is 0 Å². The lowest BCUT2D eigenvalue weighted by Gasteiger charge is -2.11. The van der Waals surface area contributed by atoms with Crippen LogP contribution in [-0.4, -0.2) is 16.9 Å². The Balaban J connectivity index is 3.18. The summed E-state index contributed by atoms with van der Waals surface area (Å²) in [5.74, 6) is -3.45. The van der Waals surface area contributed by atoms with E-state index in [0.717, 1.165) is 0 Å². The quantitative estimate of drug-likeness (QED) is 0.665. The van der Waals surface area contributed by atoms with E-state index in [2.05, 4.69) is 5.32 Å². The number of benzene rings is 1. The van der Waals surface area contributed by atoms with E-state index in [1.54, 1.807) is 6.92 Å². The Bertz CT molecular complexity index is 491. The van der Waals surface area contributed by atoms with Crippen LogP contribution in [0.1, 0.15) is 30.6 Å². The zero-order chi connectivity index (χ0) is 13.9. The molecule has 0 aliphatic carbocycles. The lowest BCUT2D eigenvalue weighted by Crippen LogP contribution is -2.32. The Kier molecular flexibility index (Phi) is 4.30. The van der Waals surface area contributed by atoms with Gasteiger partial charge in [0.15, 0.2) is 11.6 Å². The van der Waals surface area contributed by atoms with Crippen LogP contribution >= 0.6 is 0 Å². The molecular weight excluding hydrogens is 246 g/mol. The van der Waals surface area contributed by atoms with E-state index in [1.165, 1.54) is 0 Å². The molecule has 1 rings (SSSR count). The van der Waals surface area contributed by atoms with Crippen LogP contribution in [-0.2, 0) is 0 Å². The summed E-state index contributed by atoms with van der Waals surface area (Å²) in [6, 6.07) is 0.719. The van der Waals surface area contributed by atoms with E-state index >= 15 is 0 Å². The Labute approximate surface area is 102 Å². The number of nitro benzene ring substituents is 1. The average Bonchev–Trinajstić information content (AvgIpc) is 2.31. The molecule has 0 radical (unpaired) electrons. The summed E-state index contributed by atoms with van der Waals surface area (Å²) < 4.78 is 25.9. The van der Waals surface area contributed by atoms with Crippen LogP contribution < -0.4 is 5.32 Å². The summed E-state index contributed by atoms with van der Waals surface area (Å²) in [6.07, 6.45) is 0.614. The van der Waals surface area contributed by atoms with Gasteiger partial charge < -0.3 is 5.32 Å². The van der Waals surface area contributed by atoms with Crippen molar-refractivity contribution in [2.45, 2.75) is 26.3 Å². The molecule has 1 unspecified atom stereocenters. The fourth-order valence-electron chi connectivity index (χ4n) is 1.27. The highest BCUT2D eigenvalue weighted by Gasteiger charge is 2.24. The maximum absolute atomic E-state index is 13.0. The standard InChI is InChI=1S/C11H12F2N2O3/c1-3-6(2)14-11(16)7-4-8(12)9(13)5-10(7)15(17)18/h4-6H,3H2,1-2H3,(H,14,16). The number of nitro groups is 1. The highest BCUT2D eigenvalue weighted by atomic mass is 19.2. The molecule has 1 amide bonds. The summed E-state index contributed by atoms with van der Waals surface area (Å²) in [5, 5.41) is 13.1. The molecule has 1 aromatic rings. The zero-order valence-corrected chi connectivity index (χ0v) is 9.87. The first kappa shape index (κ1) is 14.0. The number of carbonyl (C=O) groups excluding carboxylic acids is 1. The van der Waals surface area contributed by atoms with Crippen molar-refractivity contribution in [3.05, 3.63) is 39.4 Å². The molecule has 0 aliphatic rings. The van der Waals surface area contributed by atoms with Gasteiger partial charge in [0.1, 0.15) is 5.56 Å². The molecule has 1 atom stereocenters. The van der Waals surface area contributed by atoms with Gasteiger partial charge in [-0.3, -0.25) is 14.9 Å². The van der Waals surface area contributed by atoms with Gasteiger partial charge in [-0.15, -0.1) is 0 Å². The van der Waals surface area contributed by atoms with E-state index in [9.17, 15) is 23.7 Å². The number of halogens is 2. The number of nitrogens with zero attached hydrogens (tertiary/aromatic N) is 1. The summed E-state index contributed by atoms with van der Waals surface area (Å²) in [5.41, 5.74) is -1.24. The molecule has 5 nitrogen and oxygen atoms in total. The molecule has 0 saturated heterocycles. The van der Waals surface area contributed by atoms with Crippen LogP contribution in [0, 0.1) is 21.7 Å². The van der Waals surface area contributed by atoms with Crippen molar-refractivity contribution in [2.24, 2.45) is 0 Å². The molecule has 1 N–H and O–H groups in total. The van der Waals surface area contributed by atoms with Gasteiger partial charge in [-0.05, 0) is 19.4 Å². The Morgan fingerprint density at radius 1 is 1.44 bits per heavy atom. The third-order valence-corrected chi connectivity index (χ3v) is 2.47. The Hall–Kier alpha value is -2.05. The smallest absolute Gasteiger partial charge is 0.285 e. The summed E-state index contributed by atoms with van der Waals surface area (Å²) >= 11 is 0. The number of rotatable bonds is 4. The summed E-state index contributed by atoms with van der Waals surface area (Å²) in [6.45, 7) is 3.51. The van der Waals surface area contributed by atoms with Crippen molar-refractivity contribution in [3.8, 4) is 0 Å². The second-order valence-electron chi connectivity index (χ2n) is 3.82. The van der Waals surface area contributed by atoms with Gasteiger partial charge in [0.2, 0.25) is 0 Å². The second kappa shape index (κ2) is 5.52. The van der Waals surface area contributed by atoms with Gasteiger partial charge in [-0.25, -0.2) is 8.78 Å². The first-order valence-corrected chi connectivity index (χ1v) is 5.31. The van der Waals surface area contributed by atoms with Crippen LogP contribution in [0.15, 0.2) is 12.1 Å². The van der Waals surface area contributed by atoms with Gasteiger partial charge in [-0.2, -0.15) is 0 Å². The summed E-state index contributed by atoms with van der Waals surface area (Å²) in [4.78, 5) is 21.5. The first-order chi connectivity index (χ1) is 8.36. The molecule has 0 saturated carbocycles. The predicted molar refractivity (Wildman–Crippen MR) is 60.2 cm³/mol. The van der Waals surface area contributed by atoms with Crippen LogP contribution in [0.2, 0.25) is 0 Å². The molecule has 7 heteroatoms. The normalized spacial score (nSPS) is 12.0. The number of hydrogen-bond acceptors (Lipinski definition) is 3. The highest BCUT2D eigenvalue weighted by Crippen LogP contribution is 2.22. The van der Waals surface area contributed by atoms with Crippen molar-refractivity contribution in [1.82, 2.24) is 5.32 Å². The van der Waals surface area contributed by atoms with Crippen LogP contribution in [0.3, 0.4) is 0 Å². The number of hydrogen-bond donors (Lipinski definition) is 1.